The maximum Gasteiger partial charge on any atom is 0.271 e. The van der Waals surface area contributed by atoms with Crippen LogP contribution in [0, 0.1) is 10.1 Å². The summed E-state index contributed by atoms with van der Waals surface area (Å²) in [5.74, 6) is 0. The van der Waals surface area contributed by atoms with Crippen molar-refractivity contribution in [2.24, 2.45) is 0 Å². The molecule has 0 radical (unpaired) electrons. The van der Waals surface area contributed by atoms with Crippen molar-refractivity contribution in [3.63, 3.8) is 0 Å². The van der Waals surface area contributed by atoms with Gasteiger partial charge >= 0.3 is 0 Å². The molecule has 5 aromatic rings. The van der Waals surface area contributed by atoms with Crippen molar-refractivity contribution < 1.29 is 4.92 Å². The molecule has 0 fully saturated rings. The van der Waals surface area contributed by atoms with E-state index in [0.29, 0.717) is 22.4 Å². The zero-order chi connectivity index (χ0) is 19.8. The molecule has 2 aromatic heterocycles. The fourth-order valence-electron chi connectivity index (χ4n) is 3.24. The lowest BCUT2D eigenvalue weighted by molar-refractivity contribution is -0.384. The summed E-state index contributed by atoms with van der Waals surface area (Å²) in [6.07, 6.45) is 1.72. The molecule has 29 heavy (non-hydrogen) atoms. The smallest absolute Gasteiger partial charge is 0.258 e. The van der Waals surface area contributed by atoms with Crippen LogP contribution in [0.5, 0.6) is 0 Å². The summed E-state index contributed by atoms with van der Waals surface area (Å²) in [4.78, 5) is 20.1. The minimum atomic E-state index is -0.442. The van der Waals surface area contributed by atoms with Crippen LogP contribution in [-0.4, -0.2) is 29.7 Å². The van der Waals surface area contributed by atoms with Crippen LogP contribution in [0.25, 0.3) is 38.8 Å². The first-order valence-corrected chi connectivity index (χ1v) is 8.90. The molecule has 8 heteroatoms. The summed E-state index contributed by atoms with van der Waals surface area (Å²) in [5.41, 5.74) is 3.78. The summed E-state index contributed by atoms with van der Waals surface area (Å²) in [6, 6.07) is 21.8. The number of rotatable bonds is 2. The van der Waals surface area contributed by atoms with Gasteiger partial charge in [-0.15, -0.1) is 0 Å². The first-order chi connectivity index (χ1) is 14.2. The van der Waals surface area contributed by atoms with Gasteiger partial charge in [0.1, 0.15) is 5.69 Å². The molecule has 0 spiro atoms. The van der Waals surface area contributed by atoms with Crippen LogP contribution in [0.1, 0.15) is 0 Å². The summed E-state index contributed by atoms with van der Waals surface area (Å²) < 4.78 is 1.76. The molecule has 0 unspecified atom stereocenters. The van der Waals surface area contributed by atoms with E-state index >= 15 is 0 Å². The number of fused-ring (bicyclic) bond motifs is 4. The van der Waals surface area contributed by atoms with E-state index in [1.807, 2.05) is 54.6 Å². The second-order valence-electron chi connectivity index (χ2n) is 6.44. The van der Waals surface area contributed by atoms with Crippen molar-refractivity contribution in [3.05, 3.63) is 89.1 Å². The average molecular weight is 382 g/mol. The second-order valence-corrected chi connectivity index (χ2v) is 6.44. The van der Waals surface area contributed by atoms with E-state index < -0.39 is 4.92 Å². The van der Waals surface area contributed by atoms with Gasteiger partial charge in [-0.05, 0) is 12.1 Å². The number of H-pyrrole nitrogens is 1. The Kier molecular flexibility index (Phi) is 3.87. The third-order valence-electron chi connectivity index (χ3n) is 4.65. The second kappa shape index (κ2) is 6.68. The zero-order valence-corrected chi connectivity index (χ0v) is 15.1. The van der Waals surface area contributed by atoms with Crippen LogP contribution in [-0.2, 0) is 0 Å². The largest absolute Gasteiger partial charge is 0.271 e. The zero-order valence-electron chi connectivity index (χ0n) is 15.1. The Morgan fingerprint density at radius 2 is 1.72 bits per heavy atom. The van der Waals surface area contributed by atoms with Gasteiger partial charge in [-0.3, -0.25) is 15.1 Å². The van der Waals surface area contributed by atoms with Gasteiger partial charge in [0.15, 0.2) is 5.65 Å². The van der Waals surface area contributed by atoms with E-state index in [0.717, 1.165) is 16.5 Å². The van der Waals surface area contributed by atoms with Crippen molar-refractivity contribution >= 4 is 33.3 Å². The molecule has 0 aliphatic heterocycles. The number of nitro groups is 1. The number of aromatic nitrogens is 5. The number of aromatic amines is 1. The SMILES string of the molecule is O=[N+]([O-])c1ccc2ncc3ccccc3n3[nH]nc(-c4ccccc4)c3nc2c1. The Labute approximate surface area is 163 Å². The van der Waals surface area contributed by atoms with Crippen LogP contribution in [0.3, 0.4) is 0 Å². The highest BCUT2D eigenvalue weighted by Gasteiger charge is 2.12. The third kappa shape index (κ3) is 2.92. The minimum Gasteiger partial charge on any atom is -0.258 e. The van der Waals surface area contributed by atoms with E-state index in [9.17, 15) is 10.1 Å². The monoisotopic (exact) mass is 382 g/mol. The number of hydrogen-bond donors (Lipinski definition) is 1. The molecular formula is C21H14N6O2. The van der Waals surface area contributed by atoms with Gasteiger partial charge in [-0.25, -0.2) is 14.7 Å². The molecule has 0 bridgehead atoms. The summed E-state index contributed by atoms with van der Waals surface area (Å²) in [6.45, 7) is 0. The van der Waals surface area contributed by atoms with E-state index in [4.69, 9.17) is 4.98 Å². The number of benzene rings is 3. The van der Waals surface area contributed by atoms with Crippen molar-refractivity contribution in [3.8, 4) is 11.3 Å². The summed E-state index contributed by atoms with van der Waals surface area (Å²) in [7, 11) is 0. The molecule has 0 aliphatic rings. The highest BCUT2D eigenvalue weighted by atomic mass is 16.6. The summed E-state index contributed by atoms with van der Waals surface area (Å²) in [5, 5.41) is 19.6. The maximum absolute atomic E-state index is 11.3. The first-order valence-electron chi connectivity index (χ1n) is 8.90. The molecule has 0 aliphatic carbocycles. The van der Waals surface area contributed by atoms with Crippen LogP contribution < -0.4 is 0 Å². The van der Waals surface area contributed by atoms with E-state index in [1.54, 1.807) is 16.8 Å². The minimum absolute atomic E-state index is 0.0456. The molecule has 140 valence electrons. The van der Waals surface area contributed by atoms with Gasteiger partial charge in [0.2, 0.25) is 0 Å². The maximum atomic E-state index is 11.3. The summed E-state index contributed by atoms with van der Waals surface area (Å²) >= 11 is 0. The predicted octanol–water partition coefficient (Wildman–Crippen LogP) is 4.46. The highest BCUT2D eigenvalue weighted by Crippen LogP contribution is 2.24. The van der Waals surface area contributed by atoms with E-state index in [-0.39, 0.29) is 5.69 Å². The molecular weight excluding hydrogens is 368 g/mol. The molecule has 5 rings (SSSR count). The Morgan fingerprint density at radius 3 is 2.55 bits per heavy atom. The Bertz CT molecular complexity index is 1440. The highest BCUT2D eigenvalue weighted by molar-refractivity contribution is 5.85. The van der Waals surface area contributed by atoms with Crippen LogP contribution in [0.15, 0.2) is 79.0 Å². The molecule has 1 N–H and O–H groups in total. The Morgan fingerprint density at radius 1 is 0.931 bits per heavy atom. The molecule has 8 nitrogen and oxygen atoms in total. The number of non-ortho nitro benzene ring substituents is 1. The normalized spacial score (nSPS) is 11.0. The molecule has 3 aromatic carbocycles. The Hall–Kier alpha value is -4.33. The molecule has 2 heterocycles. The quantitative estimate of drug-likeness (QED) is 0.359. The molecule has 0 atom stereocenters. The first kappa shape index (κ1) is 16.8. The van der Waals surface area contributed by atoms with E-state index in [1.165, 1.54) is 12.1 Å². The van der Waals surface area contributed by atoms with Crippen LogP contribution in [0.4, 0.5) is 5.69 Å². The lowest BCUT2D eigenvalue weighted by Crippen LogP contribution is -1.90. The van der Waals surface area contributed by atoms with Gasteiger partial charge in [0, 0.05) is 29.3 Å². The van der Waals surface area contributed by atoms with Crippen molar-refractivity contribution in [1.82, 2.24) is 24.8 Å². The number of hydrogen-bond acceptors (Lipinski definition) is 5. The standard InChI is InChI=1S/C21H14N6O2/c28-27(29)16-10-11-17-18(12-16)23-21-20(14-6-2-1-3-7-14)24-25-26(21)19-9-5-4-8-15(19)13-22-17/h1-13,25H. The number of nitrogens with zero attached hydrogens (tertiary/aromatic N) is 5. The van der Waals surface area contributed by atoms with Gasteiger partial charge in [0.05, 0.1) is 21.5 Å². The number of nitrogens with one attached hydrogen (secondary N) is 1. The molecule has 0 saturated heterocycles. The number of nitro benzene ring substituents is 1. The predicted molar refractivity (Wildman–Crippen MR) is 110 cm³/mol. The lowest BCUT2D eigenvalue weighted by atomic mass is 10.1. The van der Waals surface area contributed by atoms with Gasteiger partial charge in [0.25, 0.3) is 5.69 Å². The third-order valence-corrected chi connectivity index (χ3v) is 4.65. The van der Waals surface area contributed by atoms with Gasteiger partial charge in [-0.1, -0.05) is 48.5 Å². The van der Waals surface area contributed by atoms with Crippen molar-refractivity contribution in [1.29, 1.82) is 0 Å². The van der Waals surface area contributed by atoms with Crippen molar-refractivity contribution in [2.45, 2.75) is 0 Å². The van der Waals surface area contributed by atoms with Gasteiger partial charge < -0.3 is 0 Å². The van der Waals surface area contributed by atoms with Crippen LogP contribution in [0.2, 0.25) is 0 Å². The van der Waals surface area contributed by atoms with Gasteiger partial charge in [-0.2, -0.15) is 5.10 Å². The molecule has 0 amide bonds. The topological polar surface area (TPSA) is 102 Å². The van der Waals surface area contributed by atoms with Crippen molar-refractivity contribution in [2.75, 3.05) is 0 Å². The van der Waals surface area contributed by atoms with E-state index in [2.05, 4.69) is 15.3 Å². The van der Waals surface area contributed by atoms with Crippen LogP contribution >= 0.6 is 0 Å². The Balaban J connectivity index is 2.01. The molecule has 0 saturated carbocycles. The average Bonchev–Trinajstić information content (AvgIpc) is 3.18. The fraction of sp³-hybridized carbons (Fsp3) is 0. The lowest BCUT2D eigenvalue weighted by Gasteiger charge is -1.98. The fourth-order valence-corrected chi connectivity index (χ4v) is 3.24. The number of para-hydroxylation sites is 1.